The van der Waals surface area contributed by atoms with Crippen molar-refractivity contribution in [2.75, 3.05) is 33.2 Å². The SMILES string of the molecule is CN(CCNS(=O)(=O)c1cc(S(=O)(=O)c2ccccc2)ccc1C(F)(F)F)C(=O)N[C@H]1CCN(C(=O)O)C1. The van der Waals surface area contributed by atoms with Crippen molar-refractivity contribution < 1.29 is 44.7 Å². The normalized spacial score (nSPS) is 16.3. The number of carbonyl (C=O) groups excluding carboxylic acids is 1. The highest BCUT2D eigenvalue weighted by atomic mass is 32.2. The number of urea groups is 1. The number of carbonyl (C=O) groups is 2. The van der Waals surface area contributed by atoms with E-state index in [9.17, 15) is 39.6 Å². The number of benzene rings is 2. The van der Waals surface area contributed by atoms with Crippen LogP contribution >= 0.6 is 0 Å². The Morgan fingerprint density at radius 3 is 2.32 bits per heavy atom. The smallest absolute Gasteiger partial charge is 0.417 e. The molecule has 0 spiro atoms. The second kappa shape index (κ2) is 11.2. The number of sulfonamides is 1. The van der Waals surface area contributed by atoms with E-state index in [0.717, 1.165) is 9.80 Å². The molecule has 1 atom stereocenters. The maximum absolute atomic E-state index is 13.6. The van der Waals surface area contributed by atoms with Gasteiger partial charge in [0.05, 0.1) is 20.2 Å². The van der Waals surface area contributed by atoms with Gasteiger partial charge in [0.25, 0.3) is 0 Å². The van der Waals surface area contributed by atoms with Gasteiger partial charge in [0.2, 0.25) is 19.9 Å². The number of sulfone groups is 1. The van der Waals surface area contributed by atoms with Gasteiger partial charge in [-0.25, -0.2) is 31.1 Å². The van der Waals surface area contributed by atoms with E-state index < -0.39 is 66.1 Å². The maximum atomic E-state index is 13.6. The summed E-state index contributed by atoms with van der Waals surface area (Å²) in [6, 6.07) is 7.29. The molecule has 1 saturated heterocycles. The van der Waals surface area contributed by atoms with Gasteiger partial charge in [0.1, 0.15) is 0 Å². The Bertz CT molecular complexity index is 1400. The van der Waals surface area contributed by atoms with Gasteiger partial charge < -0.3 is 20.2 Å². The van der Waals surface area contributed by atoms with E-state index in [0.29, 0.717) is 24.6 Å². The van der Waals surface area contributed by atoms with Crippen molar-refractivity contribution in [2.24, 2.45) is 0 Å². The quantitative estimate of drug-likeness (QED) is 0.434. The molecule has 208 valence electrons. The van der Waals surface area contributed by atoms with Gasteiger partial charge in [0.15, 0.2) is 0 Å². The Kier molecular flexibility index (Phi) is 8.58. The molecule has 38 heavy (non-hydrogen) atoms. The van der Waals surface area contributed by atoms with Crippen LogP contribution in [0.2, 0.25) is 0 Å². The van der Waals surface area contributed by atoms with E-state index >= 15 is 0 Å². The van der Waals surface area contributed by atoms with Crippen molar-refractivity contribution in [3.05, 3.63) is 54.1 Å². The lowest BCUT2D eigenvalue weighted by molar-refractivity contribution is -0.139. The van der Waals surface area contributed by atoms with Crippen LogP contribution in [0.1, 0.15) is 12.0 Å². The fourth-order valence-corrected chi connectivity index (χ4v) is 6.38. The molecule has 1 heterocycles. The summed E-state index contributed by atoms with van der Waals surface area (Å²) >= 11 is 0. The van der Waals surface area contributed by atoms with E-state index in [1.54, 1.807) is 6.07 Å². The fourth-order valence-electron chi connectivity index (χ4n) is 3.73. The van der Waals surface area contributed by atoms with Crippen molar-refractivity contribution in [1.29, 1.82) is 0 Å². The van der Waals surface area contributed by atoms with Crippen molar-refractivity contribution in [3.63, 3.8) is 0 Å². The lowest BCUT2D eigenvalue weighted by atomic mass is 10.2. The highest BCUT2D eigenvalue weighted by Gasteiger charge is 2.38. The van der Waals surface area contributed by atoms with Gasteiger partial charge in [-0.2, -0.15) is 13.2 Å². The van der Waals surface area contributed by atoms with Crippen molar-refractivity contribution >= 4 is 32.0 Å². The highest BCUT2D eigenvalue weighted by molar-refractivity contribution is 7.91. The number of likely N-dealkylation sites (tertiary alicyclic amines) is 1. The third kappa shape index (κ3) is 6.73. The van der Waals surface area contributed by atoms with E-state index in [2.05, 4.69) is 5.32 Å². The minimum Gasteiger partial charge on any atom is -0.465 e. The molecule has 0 aromatic heterocycles. The lowest BCUT2D eigenvalue weighted by Crippen LogP contribution is -2.46. The number of likely N-dealkylation sites (N-methyl/N-ethyl adjacent to an activating group) is 1. The predicted molar refractivity (Wildman–Crippen MR) is 128 cm³/mol. The topological polar surface area (TPSA) is 153 Å². The van der Waals surface area contributed by atoms with E-state index in [1.165, 1.54) is 31.3 Å². The number of alkyl halides is 3. The first kappa shape index (κ1) is 29.2. The summed E-state index contributed by atoms with van der Waals surface area (Å²) in [6.07, 6.45) is -5.83. The average Bonchev–Trinajstić information content (AvgIpc) is 3.32. The summed E-state index contributed by atoms with van der Waals surface area (Å²) in [5.74, 6) is 0. The molecule has 2 aromatic carbocycles. The minimum atomic E-state index is -5.10. The summed E-state index contributed by atoms with van der Waals surface area (Å²) in [7, 11) is -7.85. The standard InChI is InChI=1S/C22H25F3N4O7S2/c1-28(20(30)27-15-9-11-29(14-15)21(31)32)12-10-26-38(35,36)19-13-17(7-8-18(19)22(23,24)25)37(33,34)16-5-3-2-4-6-16/h2-8,13,15,26H,9-12,14H2,1H3,(H,27,30)(H,31,32)/t15-/m0/s1. The van der Waals surface area contributed by atoms with Crippen LogP contribution in [0.4, 0.5) is 22.8 Å². The largest absolute Gasteiger partial charge is 0.465 e. The predicted octanol–water partition coefficient (Wildman–Crippen LogP) is 2.21. The molecule has 2 aromatic rings. The third-order valence-electron chi connectivity index (χ3n) is 5.78. The summed E-state index contributed by atoms with van der Waals surface area (Å²) in [4.78, 5) is 23.4. The Morgan fingerprint density at radius 2 is 1.74 bits per heavy atom. The van der Waals surface area contributed by atoms with Crippen molar-refractivity contribution in [3.8, 4) is 0 Å². The van der Waals surface area contributed by atoms with Crippen LogP contribution < -0.4 is 10.0 Å². The Hall–Kier alpha value is -3.37. The molecule has 1 aliphatic heterocycles. The number of carboxylic acid groups (broad SMARTS) is 1. The first-order valence-electron chi connectivity index (χ1n) is 11.1. The lowest BCUT2D eigenvalue weighted by Gasteiger charge is -2.21. The Balaban J connectivity index is 1.74. The van der Waals surface area contributed by atoms with Gasteiger partial charge in [-0.1, -0.05) is 18.2 Å². The van der Waals surface area contributed by atoms with Crippen LogP contribution in [0.25, 0.3) is 0 Å². The average molecular weight is 579 g/mol. The van der Waals surface area contributed by atoms with Crippen LogP contribution in [-0.4, -0.2) is 83.1 Å². The number of rotatable bonds is 8. The molecule has 0 saturated carbocycles. The van der Waals surface area contributed by atoms with Crippen molar-refractivity contribution in [1.82, 2.24) is 19.8 Å². The third-order valence-corrected chi connectivity index (χ3v) is 9.05. The first-order valence-corrected chi connectivity index (χ1v) is 14.1. The van der Waals surface area contributed by atoms with Gasteiger partial charge in [-0.05, 0) is 36.8 Å². The zero-order valence-corrected chi connectivity index (χ0v) is 21.6. The zero-order chi connectivity index (χ0) is 28.3. The number of hydrogen-bond acceptors (Lipinski definition) is 6. The molecule has 0 radical (unpaired) electrons. The van der Waals surface area contributed by atoms with E-state index in [4.69, 9.17) is 5.11 Å². The molecule has 16 heteroatoms. The van der Waals surface area contributed by atoms with Crippen LogP contribution in [0, 0.1) is 0 Å². The molecule has 0 aliphatic carbocycles. The molecule has 0 bridgehead atoms. The van der Waals surface area contributed by atoms with Crippen LogP contribution in [-0.2, 0) is 26.0 Å². The van der Waals surface area contributed by atoms with Gasteiger partial charge in [-0.3, -0.25) is 0 Å². The number of nitrogens with zero attached hydrogens (tertiary/aromatic N) is 2. The second-order valence-electron chi connectivity index (χ2n) is 8.46. The van der Waals surface area contributed by atoms with Gasteiger partial charge in [-0.15, -0.1) is 0 Å². The van der Waals surface area contributed by atoms with Crippen LogP contribution in [0.3, 0.4) is 0 Å². The number of hydrogen-bond donors (Lipinski definition) is 3. The monoisotopic (exact) mass is 578 g/mol. The summed E-state index contributed by atoms with van der Waals surface area (Å²) in [6.45, 7) is -0.400. The number of halogens is 3. The molecule has 0 unspecified atom stereocenters. The molecule has 1 fully saturated rings. The first-order chi connectivity index (χ1) is 17.6. The van der Waals surface area contributed by atoms with Crippen LogP contribution in [0.5, 0.6) is 0 Å². The molecule has 3 amide bonds. The number of nitrogens with one attached hydrogen (secondary N) is 2. The van der Waals surface area contributed by atoms with Gasteiger partial charge in [0, 0.05) is 39.3 Å². The fraction of sp³-hybridized carbons (Fsp3) is 0.364. The summed E-state index contributed by atoms with van der Waals surface area (Å²) in [5.41, 5.74) is -1.55. The summed E-state index contributed by atoms with van der Waals surface area (Å²) in [5, 5.41) is 11.6. The molecule has 11 nitrogen and oxygen atoms in total. The summed E-state index contributed by atoms with van der Waals surface area (Å²) < 4.78 is 94.3. The molecular formula is C22H25F3N4O7S2. The van der Waals surface area contributed by atoms with Crippen LogP contribution in [0.15, 0.2) is 63.2 Å². The highest BCUT2D eigenvalue weighted by Crippen LogP contribution is 2.36. The Morgan fingerprint density at radius 1 is 1.08 bits per heavy atom. The Labute approximate surface area is 217 Å². The molecule has 1 aliphatic rings. The molecular weight excluding hydrogens is 553 g/mol. The maximum Gasteiger partial charge on any atom is 0.417 e. The molecule has 3 rings (SSSR count). The van der Waals surface area contributed by atoms with Gasteiger partial charge >= 0.3 is 18.3 Å². The van der Waals surface area contributed by atoms with E-state index in [-0.39, 0.29) is 24.5 Å². The number of amides is 3. The molecule has 3 N–H and O–H groups in total. The van der Waals surface area contributed by atoms with Crippen molar-refractivity contribution in [2.45, 2.75) is 33.3 Å². The van der Waals surface area contributed by atoms with E-state index in [1.807, 2.05) is 4.72 Å². The minimum absolute atomic E-state index is 0.0873. The zero-order valence-electron chi connectivity index (χ0n) is 20.0. The second-order valence-corrected chi connectivity index (χ2v) is 12.1.